The summed E-state index contributed by atoms with van der Waals surface area (Å²) in [5.41, 5.74) is 10.1. The minimum Gasteiger partial charge on any atom is -0.370 e. The Balaban J connectivity index is 1.56. The quantitative estimate of drug-likeness (QED) is 0.428. The van der Waals surface area contributed by atoms with Crippen LogP contribution in [0.3, 0.4) is 0 Å². The number of aromatic nitrogens is 3. The molecule has 2 aromatic heterocycles. The summed E-state index contributed by atoms with van der Waals surface area (Å²) in [6.07, 6.45) is 2.24. The van der Waals surface area contributed by atoms with Crippen LogP contribution in [0, 0.1) is 18.3 Å². The summed E-state index contributed by atoms with van der Waals surface area (Å²) in [5, 5.41) is 14.7. The Morgan fingerprint density at radius 3 is 2.95 bits per heavy atom. The molecule has 2 amide bonds. The molecule has 2 fully saturated rings. The normalized spacial score (nSPS) is 21.4. The largest absolute Gasteiger partial charge is 0.370 e. The molecule has 6 rings (SSSR count). The van der Waals surface area contributed by atoms with E-state index >= 15 is 0 Å². The molecule has 2 aliphatic rings. The number of thiazole rings is 1. The second kappa shape index (κ2) is 9.19. The van der Waals surface area contributed by atoms with Crippen LogP contribution in [0.5, 0.6) is 0 Å². The molecular formula is C27H25N7O2S. The van der Waals surface area contributed by atoms with Crippen LogP contribution in [0.4, 0.5) is 4.79 Å². The van der Waals surface area contributed by atoms with Crippen molar-refractivity contribution in [1.82, 2.24) is 25.2 Å². The summed E-state index contributed by atoms with van der Waals surface area (Å²) in [5.74, 6) is 0. The van der Waals surface area contributed by atoms with E-state index < -0.39 is 17.7 Å². The lowest BCUT2D eigenvalue weighted by molar-refractivity contribution is -0.0826. The van der Waals surface area contributed by atoms with Crippen LogP contribution in [0.1, 0.15) is 28.7 Å². The number of morpholine rings is 1. The Hall–Kier alpha value is -3.91. The molecule has 2 aromatic carbocycles. The number of rotatable bonds is 3. The molecule has 10 heteroatoms. The number of aryl methyl sites for hydroxylation is 1. The Labute approximate surface area is 217 Å². The molecule has 9 nitrogen and oxygen atoms in total. The fourth-order valence-electron chi connectivity index (χ4n) is 5.38. The zero-order valence-electron chi connectivity index (χ0n) is 20.3. The van der Waals surface area contributed by atoms with Crippen molar-refractivity contribution in [2.45, 2.75) is 25.0 Å². The Morgan fingerprint density at radius 2 is 2.16 bits per heavy atom. The highest BCUT2D eigenvalue weighted by atomic mass is 32.1. The van der Waals surface area contributed by atoms with Gasteiger partial charge in [0.1, 0.15) is 23.0 Å². The van der Waals surface area contributed by atoms with Gasteiger partial charge in [-0.3, -0.25) is 0 Å². The van der Waals surface area contributed by atoms with E-state index in [0.717, 1.165) is 49.8 Å². The van der Waals surface area contributed by atoms with E-state index in [1.807, 2.05) is 37.3 Å². The van der Waals surface area contributed by atoms with Crippen molar-refractivity contribution in [2.75, 3.05) is 26.2 Å². The molecule has 0 radical (unpaired) electrons. The molecule has 1 spiro atoms. The number of fused-ring (bicyclic) bond motifs is 1. The lowest BCUT2D eigenvalue weighted by Crippen LogP contribution is -2.53. The van der Waals surface area contributed by atoms with Crippen molar-refractivity contribution in [3.8, 4) is 27.8 Å². The maximum atomic E-state index is 12.5. The van der Waals surface area contributed by atoms with Crippen molar-refractivity contribution in [3.63, 3.8) is 0 Å². The second-order valence-electron chi connectivity index (χ2n) is 9.39. The summed E-state index contributed by atoms with van der Waals surface area (Å²) in [6.45, 7) is 4.40. The van der Waals surface area contributed by atoms with Gasteiger partial charge in [0.15, 0.2) is 0 Å². The lowest BCUT2D eigenvalue weighted by Gasteiger charge is -2.39. The lowest BCUT2D eigenvalue weighted by atomic mass is 9.93. The number of nitrogens with zero attached hydrogens (tertiary/aromatic N) is 5. The van der Waals surface area contributed by atoms with E-state index in [1.165, 1.54) is 11.3 Å². The summed E-state index contributed by atoms with van der Waals surface area (Å²) in [4.78, 5) is 29.0. The molecule has 0 aliphatic carbocycles. The van der Waals surface area contributed by atoms with Crippen LogP contribution in [0.15, 0.2) is 48.8 Å². The molecule has 4 aromatic rings. The molecule has 37 heavy (non-hydrogen) atoms. The predicted octanol–water partition coefficient (Wildman–Crippen LogP) is 3.78. The van der Waals surface area contributed by atoms with Gasteiger partial charge in [-0.25, -0.2) is 19.7 Å². The standard InChI is InChI=1S/C27H25N7O2S/c1-16-20-12-19(5-6-21(20)32-15-31-16)23-22(18-4-2-3-17(11-18)13-28)33-25(37-23)24-27(14-30-8-10-36-27)7-9-34(24)26(29)35/h2-6,11-12,15,24,30H,7-10,14H2,1H3,(H2,29,35). The van der Waals surface area contributed by atoms with E-state index in [2.05, 4.69) is 27.4 Å². The number of amides is 2. The number of carbonyl (C=O) groups is 1. The van der Waals surface area contributed by atoms with Crippen LogP contribution < -0.4 is 11.1 Å². The minimum absolute atomic E-state index is 0.417. The first-order chi connectivity index (χ1) is 18.0. The number of ether oxygens (including phenoxy) is 1. The Bertz CT molecular complexity index is 1550. The number of hydrogen-bond donors (Lipinski definition) is 2. The maximum Gasteiger partial charge on any atom is 0.315 e. The highest BCUT2D eigenvalue weighted by Gasteiger charge is 2.53. The van der Waals surface area contributed by atoms with Crippen LogP contribution in [-0.2, 0) is 4.74 Å². The number of urea groups is 1. The summed E-state index contributed by atoms with van der Waals surface area (Å²) >= 11 is 1.53. The molecule has 4 heterocycles. The summed E-state index contributed by atoms with van der Waals surface area (Å²) in [7, 11) is 0. The SMILES string of the molecule is Cc1ncnc2ccc(-c3sc(C4N(C(N)=O)CCC45CNCCO5)nc3-c3cccc(C#N)c3)cc12. The van der Waals surface area contributed by atoms with Gasteiger partial charge in [0.25, 0.3) is 0 Å². The second-order valence-corrected chi connectivity index (χ2v) is 10.4. The van der Waals surface area contributed by atoms with E-state index in [4.69, 9.17) is 15.5 Å². The third kappa shape index (κ3) is 4.01. The number of benzene rings is 2. The van der Waals surface area contributed by atoms with Gasteiger partial charge in [0.2, 0.25) is 0 Å². The number of nitriles is 1. The van der Waals surface area contributed by atoms with Crippen molar-refractivity contribution in [3.05, 3.63) is 65.1 Å². The van der Waals surface area contributed by atoms with Crippen molar-refractivity contribution >= 4 is 28.3 Å². The van der Waals surface area contributed by atoms with Gasteiger partial charge in [0, 0.05) is 36.3 Å². The molecule has 3 N–H and O–H groups in total. The third-order valence-electron chi connectivity index (χ3n) is 7.20. The Morgan fingerprint density at radius 1 is 1.27 bits per heavy atom. The molecule has 0 bridgehead atoms. The molecule has 0 saturated carbocycles. The number of carbonyl (C=O) groups excluding carboxylic acids is 1. The van der Waals surface area contributed by atoms with Crippen molar-refractivity contribution < 1.29 is 9.53 Å². The van der Waals surface area contributed by atoms with Gasteiger partial charge >= 0.3 is 6.03 Å². The third-order valence-corrected chi connectivity index (χ3v) is 8.36. The molecule has 2 saturated heterocycles. The highest BCUT2D eigenvalue weighted by molar-refractivity contribution is 7.15. The fraction of sp³-hybridized carbons (Fsp3) is 0.296. The van der Waals surface area contributed by atoms with E-state index in [0.29, 0.717) is 31.7 Å². The molecule has 2 aliphatic heterocycles. The van der Waals surface area contributed by atoms with Crippen LogP contribution in [0.2, 0.25) is 0 Å². The van der Waals surface area contributed by atoms with Gasteiger partial charge in [-0.1, -0.05) is 18.2 Å². The van der Waals surface area contributed by atoms with Crippen molar-refractivity contribution in [1.29, 1.82) is 5.26 Å². The van der Waals surface area contributed by atoms with Gasteiger partial charge in [-0.05, 0) is 43.2 Å². The first kappa shape index (κ1) is 23.5. The topological polar surface area (TPSA) is 130 Å². The van der Waals surface area contributed by atoms with Gasteiger partial charge < -0.3 is 20.7 Å². The average Bonchev–Trinajstić information content (AvgIpc) is 3.51. The first-order valence-electron chi connectivity index (χ1n) is 12.1. The van der Waals surface area contributed by atoms with Crippen LogP contribution >= 0.6 is 11.3 Å². The highest BCUT2D eigenvalue weighted by Crippen LogP contribution is 2.48. The van der Waals surface area contributed by atoms with Gasteiger partial charge in [0.05, 0.1) is 34.3 Å². The predicted molar refractivity (Wildman–Crippen MR) is 141 cm³/mol. The van der Waals surface area contributed by atoms with E-state index in [1.54, 1.807) is 17.3 Å². The molecule has 2 unspecified atom stereocenters. The zero-order chi connectivity index (χ0) is 25.6. The van der Waals surface area contributed by atoms with E-state index in [-0.39, 0.29) is 0 Å². The number of primary amides is 1. The smallest absolute Gasteiger partial charge is 0.315 e. The number of nitrogens with two attached hydrogens (primary N) is 1. The summed E-state index contributed by atoms with van der Waals surface area (Å²) < 4.78 is 6.34. The van der Waals surface area contributed by atoms with Crippen molar-refractivity contribution in [2.24, 2.45) is 5.73 Å². The minimum atomic E-state index is -0.595. The van der Waals surface area contributed by atoms with E-state index in [9.17, 15) is 10.1 Å². The van der Waals surface area contributed by atoms with Crippen LogP contribution in [0.25, 0.3) is 32.6 Å². The number of hydrogen-bond acceptors (Lipinski definition) is 8. The maximum absolute atomic E-state index is 12.5. The van der Waals surface area contributed by atoms with Gasteiger partial charge in [-0.15, -0.1) is 11.3 Å². The zero-order valence-corrected chi connectivity index (χ0v) is 21.1. The number of likely N-dealkylation sites (tertiary alicyclic amines) is 1. The molecular weight excluding hydrogens is 486 g/mol. The van der Waals surface area contributed by atoms with Crippen LogP contribution in [-0.4, -0.2) is 57.7 Å². The number of nitrogens with one attached hydrogen (secondary N) is 1. The fourth-order valence-corrected chi connectivity index (χ4v) is 6.68. The molecule has 186 valence electrons. The first-order valence-corrected chi connectivity index (χ1v) is 12.9. The van der Waals surface area contributed by atoms with Gasteiger partial charge in [-0.2, -0.15) is 5.26 Å². The average molecular weight is 512 g/mol. The summed E-state index contributed by atoms with van der Waals surface area (Å²) in [6, 6.07) is 14.8. The Kier molecular flexibility index (Phi) is 5.83. The molecule has 2 atom stereocenters. The monoisotopic (exact) mass is 511 g/mol.